The summed E-state index contributed by atoms with van der Waals surface area (Å²) < 4.78 is 50.7. The average molecular weight is 437 g/mol. The quantitative estimate of drug-likeness (QED) is 0.314. The zero-order valence-electron chi connectivity index (χ0n) is 18.0. The van der Waals surface area contributed by atoms with Crippen LogP contribution in [0.15, 0.2) is 10.9 Å². The van der Waals surface area contributed by atoms with Crippen LogP contribution in [0.25, 0.3) is 0 Å². The largest absolute Gasteiger partial charge is 0.469 e. The summed E-state index contributed by atoms with van der Waals surface area (Å²) >= 11 is 0. The van der Waals surface area contributed by atoms with E-state index in [1.807, 2.05) is 0 Å². The Morgan fingerprint density at radius 2 is 1.86 bits per heavy atom. The third-order valence-electron chi connectivity index (χ3n) is 4.51. The van der Waals surface area contributed by atoms with E-state index >= 15 is 0 Å². The number of aromatic nitrogens is 2. The smallest absolute Gasteiger partial charge is 0.421 e. The molecule has 0 bridgehead atoms. The number of ether oxygens (including phenoxy) is 2. The molecule has 10 heteroatoms. The zero-order valence-corrected chi connectivity index (χ0v) is 19.0. The normalized spacial score (nSPS) is 12.9. The number of rotatable bonds is 10. The molecule has 0 N–H and O–H groups in total. The molecule has 0 aromatic carbocycles. The van der Waals surface area contributed by atoms with E-state index in [2.05, 4.69) is 24.7 Å². The predicted octanol–water partition coefficient (Wildman–Crippen LogP) is 4.10. The molecule has 6 nitrogen and oxygen atoms in total. The van der Waals surface area contributed by atoms with Crippen molar-refractivity contribution in [3.63, 3.8) is 0 Å². The van der Waals surface area contributed by atoms with Crippen molar-refractivity contribution in [2.75, 3.05) is 13.7 Å². The summed E-state index contributed by atoms with van der Waals surface area (Å²) in [5.74, 6) is -0.387. The number of hydrogen-bond acceptors (Lipinski definition) is 5. The predicted molar refractivity (Wildman–Crippen MR) is 106 cm³/mol. The van der Waals surface area contributed by atoms with Crippen molar-refractivity contribution in [1.29, 1.82) is 0 Å². The average Bonchev–Trinajstić information content (AvgIpc) is 2.57. The second-order valence-corrected chi connectivity index (χ2v) is 14.6. The zero-order chi connectivity index (χ0) is 22.5. The fourth-order valence-electron chi connectivity index (χ4n) is 2.63. The molecule has 0 fully saturated rings. The maximum absolute atomic E-state index is 13.3. The molecule has 0 radical (unpaired) electrons. The summed E-state index contributed by atoms with van der Waals surface area (Å²) in [7, 11) is -0.0684. The van der Waals surface area contributed by atoms with Crippen LogP contribution >= 0.6 is 0 Å². The molecular weight excluding hydrogens is 405 g/mol. The van der Waals surface area contributed by atoms with Crippen LogP contribution in [0.4, 0.5) is 13.2 Å². The van der Waals surface area contributed by atoms with E-state index in [0.29, 0.717) is 19.4 Å². The Labute approximate surface area is 170 Å². The highest BCUT2D eigenvalue weighted by atomic mass is 28.3. The van der Waals surface area contributed by atoms with Gasteiger partial charge in [-0.15, -0.1) is 0 Å². The number of aryl methyl sites for hydroxylation is 1. The second kappa shape index (κ2) is 9.88. The molecule has 1 heterocycles. The Bertz CT molecular complexity index is 755. The van der Waals surface area contributed by atoms with Crippen molar-refractivity contribution in [2.24, 2.45) is 5.41 Å². The fourth-order valence-corrected chi connectivity index (χ4v) is 3.39. The Morgan fingerprint density at radius 1 is 1.24 bits per heavy atom. The van der Waals surface area contributed by atoms with Crippen molar-refractivity contribution < 1.29 is 27.4 Å². The second-order valence-electron chi connectivity index (χ2n) is 8.93. The highest BCUT2D eigenvalue weighted by Gasteiger charge is 2.35. The molecule has 0 saturated heterocycles. The number of nitrogens with zero attached hydrogens (tertiary/aromatic N) is 2. The van der Waals surface area contributed by atoms with Gasteiger partial charge >= 0.3 is 12.1 Å². The Morgan fingerprint density at radius 3 is 2.38 bits per heavy atom. The standard InChI is InChI=1S/C19H31F3N2O4Si/c1-18(2,17(26)27-3)9-7-8-14-12-15(19(20,21)22)16(25)24(23-14)13-28-10-11-29(4,5)6/h12H,7-11,13H2,1-6H3. The van der Waals surface area contributed by atoms with E-state index in [4.69, 9.17) is 9.47 Å². The molecule has 0 saturated carbocycles. The van der Waals surface area contributed by atoms with Crippen LogP contribution < -0.4 is 5.56 Å². The van der Waals surface area contributed by atoms with Gasteiger partial charge in [0.1, 0.15) is 12.3 Å². The molecule has 1 aromatic heterocycles. The van der Waals surface area contributed by atoms with Crippen LogP contribution in [0.2, 0.25) is 25.7 Å². The van der Waals surface area contributed by atoms with Crippen molar-refractivity contribution in [3.05, 3.63) is 27.7 Å². The SMILES string of the molecule is COC(=O)C(C)(C)CCCc1cc(C(F)(F)F)c(=O)n(COCC[Si](C)(C)C)n1. The van der Waals surface area contributed by atoms with Crippen molar-refractivity contribution >= 4 is 14.0 Å². The van der Waals surface area contributed by atoms with Gasteiger partial charge in [0.25, 0.3) is 5.56 Å². The molecule has 166 valence electrons. The van der Waals surface area contributed by atoms with Crippen LogP contribution in [0.3, 0.4) is 0 Å². The molecule has 0 unspecified atom stereocenters. The molecular formula is C19H31F3N2O4Si. The van der Waals surface area contributed by atoms with Crippen LogP contribution in [0.5, 0.6) is 0 Å². The van der Waals surface area contributed by atoms with Gasteiger partial charge in [-0.3, -0.25) is 9.59 Å². The summed E-state index contributed by atoms with van der Waals surface area (Å²) in [5, 5.41) is 4.04. The summed E-state index contributed by atoms with van der Waals surface area (Å²) in [6.07, 6.45) is -3.76. The van der Waals surface area contributed by atoms with Crippen molar-refractivity contribution in [3.8, 4) is 0 Å². The van der Waals surface area contributed by atoms with Gasteiger partial charge in [-0.05, 0) is 45.2 Å². The highest BCUT2D eigenvalue weighted by Crippen LogP contribution is 2.28. The van der Waals surface area contributed by atoms with Crippen molar-refractivity contribution in [1.82, 2.24) is 9.78 Å². The number of methoxy groups -OCH3 is 1. The Hall–Kier alpha value is -1.68. The fraction of sp³-hybridized carbons (Fsp3) is 0.737. The first-order valence-corrected chi connectivity index (χ1v) is 13.2. The van der Waals surface area contributed by atoms with Crippen LogP contribution in [-0.2, 0) is 33.6 Å². The van der Waals surface area contributed by atoms with Gasteiger partial charge in [-0.25, -0.2) is 4.68 Å². The van der Waals surface area contributed by atoms with Gasteiger partial charge in [0.15, 0.2) is 0 Å². The summed E-state index contributed by atoms with van der Waals surface area (Å²) in [6.45, 7) is 9.91. The monoisotopic (exact) mass is 436 g/mol. The third kappa shape index (κ3) is 8.29. The summed E-state index contributed by atoms with van der Waals surface area (Å²) in [4.78, 5) is 23.9. The lowest BCUT2D eigenvalue weighted by atomic mass is 9.87. The highest BCUT2D eigenvalue weighted by molar-refractivity contribution is 6.76. The molecule has 0 aliphatic heterocycles. The Balaban J connectivity index is 2.95. The van der Waals surface area contributed by atoms with Gasteiger partial charge in [0, 0.05) is 14.7 Å². The van der Waals surface area contributed by atoms with Crippen LogP contribution in [-0.4, -0.2) is 37.5 Å². The number of carbonyl (C=O) groups excluding carboxylic acids is 1. The molecule has 0 aliphatic carbocycles. The van der Waals surface area contributed by atoms with Gasteiger partial charge in [0.05, 0.1) is 18.2 Å². The summed E-state index contributed by atoms with van der Waals surface area (Å²) in [6, 6.07) is 1.61. The maximum atomic E-state index is 13.3. The van der Waals surface area contributed by atoms with Gasteiger partial charge in [-0.1, -0.05) is 19.6 Å². The molecule has 0 spiro atoms. The molecule has 1 aromatic rings. The number of hydrogen-bond donors (Lipinski definition) is 0. The lowest BCUT2D eigenvalue weighted by Gasteiger charge is -2.21. The van der Waals surface area contributed by atoms with E-state index in [9.17, 15) is 22.8 Å². The number of halogens is 3. The minimum absolute atomic E-state index is 0.131. The molecule has 0 atom stereocenters. The van der Waals surface area contributed by atoms with E-state index < -0.39 is 30.8 Å². The van der Waals surface area contributed by atoms with Gasteiger partial charge in [-0.2, -0.15) is 18.3 Å². The molecule has 0 amide bonds. The van der Waals surface area contributed by atoms with Gasteiger partial charge in [0.2, 0.25) is 0 Å². The van der Waals surface area contributed by atoms with E-state index in [1.165, 1.54) is 7.11 Å². The summed E-state index contributed by atoms with van der Waals surface area (Å²) in [5.41, 5.74) is -3.10. The lowest BCUT2D eigenvalue weighted by molar-refractivity contribution is -0.151. The molecule has 1 rings (SSSR count). The van der Waals surface area contributed by atoms with E-state index in [0.717, 1.165) is 16.8 Å². The van der Waals surface area contributed by atoms with Crippen LogP contribution in [0, 0.1) is 5.41 Å². The number of esters is 1. The van der Waals surface area contributed by atoms with Gasteiger partial charge < -0.3 is 9.47 Å². The first-order valence-electron chi connectivity index (χ1n) is 9.52. The van der Waals surface area contributed by atoms with E-state index in [1.54, 1.807) is 13.8 Å². The Kier molecular flexibility index (Phi) is 8.64. The minimum atomic E-state index is -4.78. The number of alkyl halides is 3. The third-order valence-corrected chi connectivity index (χ3v) is 6.22. The maximum Gasteiger partial charge on any atom is 0.421 e. The number of carbonyl (C=O) groups is 1. The van der Waals surface area contributed by atoms with Crippen molar-refractivity contribution in [2.45, 2.75) is 71.7 Å². The van der Waals surface area contributed by atoms with E-state index in [-0.39, 0.29) is 24.8 Å². The first kappa shape index (κ1) is 25.4. The van der Waals surface area contributed by atoms with Crippen LogP contribution in [0.1, 0.15) is 37.9 Å². The lowest BCUT2D eigenvalue weighted by Crippen LogP contribution is -2.33. The minimum Gasteiger partial charge on any atom is -0.469 e. The molecule has 0 aliphatic rings. The first-order chi connectivity index (χ1) is 13.2. The topological polar surface area (TPSA) is 70.4 Å². The molecule has 29 heavy (non-hydrogen) atoms.